The first kappa shape index (κ1) is 23.3. The summed E-state index contributed by atoms with van der Waals surface area (Å²) in [7, 11) is 0. The van der Waals surface area contributed by atoms with Crippen molar-refractivity contribution in [2.75, 3.05) is 36.4 Å². The number of carbonyl (C=O) groups is 1. The number of rotatable bonds is 5. The van der Waals surface area contributed by atoms with E-state index in [4.69, 9.17) is 0 Å². The molecule has 1 saturated heterocycles. The van der Waals surface area contributed by atoms with E-state index in [1.165, 1.54) is 17.7 Å². The largest absolute Gasteiger partial charge is 0.573 e. The van der Waals surface area contributed by atoms with Crippen LogP contribution in [0.5, 0.6) is 5.75 Å². The molecule has 0 spiro atoms. The molecule has 1 fully saturated rings. The molecule has 3 aromatic rings. The van der Waals surface area contributed by atoms with Gasteiger partial charge in [-0.3, -0.25) is 4.79 Å². The number of aryl methyl sites for hydroxylation is 2. The number of piperazine rings is 1. The number of alkyl halides is 3. The van der Waals surface area contributed by atoms with Crippen LogP contribution < -0.4 is 15.0 Å². The topological polar surface area (TPSA) is 70.6 Å². The van der Waals surface area contributed by atoms with E-state index in [1.54, 1.807) is 4.90 Å². The number of benzene rings is 2. The average Bonchev–Trinajstić information content (AvgIpc) is 2.79. The Hall–Kier alpha value is -3.82. The molecule has 0 aliphatic carbocycles. The first-order valence-electron chi connectivity index (χ1n) is 10.8. The van der Waals surface area contributed by atoms with Gasteiger partial charge >= 0.3 is 6.36 Å². The summed E-state index contributed by atoms with van der Waals surface area (Å²) >= 11 is 0. The Labute approximate surface area is 195 Å². The molecular formula is C24H24F3N5O2. The van der Waals surface area contributed by atoms with Crippen molar-refractivity contribution in [3.8, 4) is 5.75 Å². The highest BCUT2D eigenvalue weighted by molar-refractivity contribution is 5.94. The van der Waals surface area contributed by atoms with Gasteiger partial charge in [0.15, 0.2) is 0 Å². The molecule has 1 amide bonds. The summed E-state index contributed by atoms with van der Waals surface area (Å²) in [5.41, 5.74) is 3.22. The van der Waals surface area contributed by atoms with Crippen LogP contribution in [0.3, 0.4) is 0 Å². The molecule has 1 N–H and O–H groups in total. The van der Waals surface area contributed by atoms with Crippen LogP contribution in [0.1, 0.15) is 21.6 Å². The summed E-state index contributed by atoms with van der Waals surface area (Å²) in [6, 6.07) is 14.8. The molecule has 4 rings (SSSR count). The van der Waals surface area contributed by atoms with Crippen LogP contribution in [0.4, 0.5) is 30.6 Å². The van der Waals surface area contributed by atoms with Crippen LogP contribution in [0.15, 0.2) is 54.6 Å². The van der Waals surface area contributed by atoms with Crippen LogP contribution in [0, 0.1) is 13.8 Å². The van der Waals surface area contributed by atoms with Crippen molar-refractivity contribution in [1.29, 1.82) is 0 Å². The maximum absolute atomic E-state index is 12.8. The highest BCUT2D eigenvalue weighted by Gasteiger charge is 2.31. The predicted molar refractivity (Wildman–Crippen MR) is 122 cm³/mol. The molecule has 1 aliphatic heterocycles. The van der Waals surface area contributed by atoms with Crippen LogP contribution in [0.2, 0.25) is 0 Å². The van der Waals surface area contributed by atoms with Gasteiger partial charge in [0.25, 0.3) is 5.91 Å². The first-order valence-corrected chi connectivity index (χ1v) is 10.8. The van der Waals surface area contributed by atoms with Crippen molar-refractivity contribution in [2.24, 2.45) is 0 Å². The van der Waals surface area contributed by atoms with Gasteiger partial charge in [-0.2, -0.15) is 4.98 Å². The van der Waals surface area contributed by atoms with Gasteiger partial charge in [-0.15, -0.1) is 13.2 Å². The van der Waals surface area contributed by atoms with Gasteiger partial charge in [0, 0.05) is 49.2 Å². The number of hydrogen-bond donors (Lipinski definition) is 1. The van der Waals surface area contributed by atoms with E-state index in [0.29, 0.717) is 43.5 Å². The van der Waals surface area contributed by atoms with Crippen LogP contribution in [0.25, 0.3) is 0 Å². The zero-order valence-corrected chi connectivity index (χ0v) is 18.8. The summed E-state index contributed by atoms with van der Waals surface area (Å²) in [4.78, 5) is 25.6. The number of anilines is 3. The molecule has 7 nitrogen and oxygen atoms in total. The van der Waals surface area contributed by atoms with Crippen LogP contribution in [-0.2, 0) is 0 Å². The van der Waals surface area contributed by atoms with Gasteiger partial charge in [0.1, 0.15) is 11.6 Å². The summed E-state index contributed by atoms with van der Waals surface area (Å²) in [5, 5.41) is 3.30. The smallest absolute Gasteiger partial charge is 0.406 e. The minimum Gasteiger partial charge on any atom is -0.406 e. The van der Waals surface area contributed by atoms with Crippen LogP contribution in [-0.4, -0.2) is 53.3 Å². The van der Waals surface area contributed by atoms with Gasteiger partial charge in [0.2, 0.25) is 5.95 Å². The lowest BCUT2D eigenvalue weighted by atomic mass is 10.1. The molecule has 10 heteroatoms. The molecule has 178 valence electrons. The molecule has 0 saturated carbocycles. The number of carbonyl (C=O) groups excluding carboxylic acids is 1. The number of nitrogens with one attached hydrogen (secondary N) is 1. The Morgan fingerprint density at radius 3 is 2.21 bits per heavy atom. The van der Waals surface area contributed by atoms with Crippen LogP contribution >= 0.6 is 0 Å². The predicted octanol–water partition coefficient (Wildman–Crippen LogP) is 4.70. The molecule has 34 heavy (non-hydrogen) atoms. The molecule has 2 aromatic carbocycles. The van der Waals surface area contributed by atoms with Gasteiger partial charge < -0.3 is 19.9 Å². The average molecular weight is 471 g/mol. The van der Waals surface area contributed by atoms with Gasteiger partial charge in [-0.05, 0) is 50.2 Å². The second-order valence-electron chi connectivity index (χ2n) is 8.04. The number of nitrogens with zero attached hydrogens (tertiary/aromatic N) is 4. The fraction of sp³-hybridized carbons (Fsp3) is 0.292. The van der Waals surface area contributed by atoms with Crippen molar-refractivity contribution >= 4 is 23.4 Å². The van der Waals surface area contributed by atoms with Gasteiger partial charge in [-0.25, -0.2) is 4.98 Å². The molecule has 1 aromatic heterocycles. The fourth-order valence-electron chi connectivity index (χ4n) is 3.63. The summed E-state index contributed by atoms with van der Waals surface area (Å²) in [6.45, 7) is 5.88. The lowest BCUT2D eigenvalue weighted by Crippen LogP contribution is -2.49. The zero-order valence-electron chi connectivity index (χ0n) is 18.8. The van der Waals surface area contributed by atoms with E-state index >= 15 is 0 Å². The number of ether oxygens (including phenoxy) is 1. The number of hydrogen-bond acceptors (Lipinski definition) is 6. The second-order valence-corrected chi connectivity index (χ2v) is 8.04. The normalized spacial score (nSPS) is 14.1. The van der Waals surface area contributed by atoms with Gasteiger partial charge in [-0.1, -0.05) is 17.7 Å². The Kier molecular flexibility index (Phi) is 6.58. The minimum absolute atomic E-state index is 0.245. The lowest BCUT2D eigenvalue weighted by Gasteiger charge is -2.35. The molecular weight excluding hydrogens is 447 g/mol. The summed E-state index contributed by atoms with van der Waals surface area (Å²) in [6.07, 6.45) is -4.77. The van der Waals surface area contributed by atoms with E-state index < -0.39 is 6.36 Å². The van der Waals surface area contributed by atoms with E-state index in [9.17, 15) is 18.0 Å². The highest BCUT2D eigenvalue weighted by atomic mass is 19.4. The van der Waals surface area contributed by atoms with Crippen molar-refractivity contribution in [1.82, 2.24) is 14.9 Å². The summed E-state index contributed by atoms with van der Waals surface area (Å²) < 4.78 is 40.8. The van der Waals surface area contributed by atoms with E-state index in [-0.39, 0.29) is 11.7 Å². The third-order valence-corrected chi connectivity index (χ3v) is 5.35. The molecule has 0 unspecified atom stereocenters. The zero-order chi connectivity index (χ0) is 24.3. The standard InChI is InChI=1S/C24H24F3N5O2/c1-16-3-7-19(8-4-16)29-21-15-17(2)28-23(30-21)32-13-11-31(12-14-32)22(33)18-5-9-20(10-6-18)34-24(25,26)27/h3-10,15H,11-14H2,1-2H3,(H,28,29,30). The summed E-state index contributed by atoms with van der Waals surface area (Å²) in [5.74, 6) is 0.659. The maximum atomic E-state index is 12.8. The quantitative estimate of drug-likeness (QED) is 0.582. The van der Waals surface area contributed by atoms with E-state index in [1.807, 2.05) is 49.1 Å². The maximum Gasteiger partial charge on any atom is 0.573 e. The molecule has 2 heterocycles. The highest BCUT2D eigenvalue weighted by Crippen LogP contribution is 2.24. The van der Waals surface area contributed by atoms with E-state index in [2.05, 4.69) is 20.0 Å². The van der Waals surface area contributed by atoms with Crippen molar-refractivity contribution < 1.29 is 22.7 Å². The first-order chi connectivity index (χ1) is 16.2. The molecule has 0 radical (unpaired) electrons. The minimum atomic E-state index is -4.77. The Bertz CT molecular complexity index is 1140. The SMILES string of the molecule is Cc1ccc(Nc2cc(C)nc(N3CCN(C(=O)c4ccc(OC(F)(F)F)cc4)CC3)n2)cc1. The molecule has 0 bridgehead atoms. The molecule has 1 aliphatic rings. The van der Waals surface area contributed by atoms with E-state index in [0.717, 1.165) is 23.5 Å². The lowest BCUT2D eigenvalue weighted by molar-refractivity contribution is -0.274. The van der Waals surface area contributed by atoms with Crippen molar-refractivity contribution in [3.63, 3.8) is 0 Å². The number of amides is 1. The number of halogens is 3. The van der Waals surface area contributed by atoms with Crippen molar-refractivity contribution in [3.05, 3.63) is 71.4 Å². The van der Waals surface area contributed by atoms with Crippen molar-refractivity contribution in [2.45, 2.75) is 20.2 Å². The Balaban J connectivity index is 1.38. The Morgan fingerprint density at radius 2 is 1.59 bits per heavy atom. The number of aromatic nitrogens is 2. The molecule has 0 atom stereocenters. The third kappa shape index (κ3) is 5.94. The fourth-order valence-corrected chi connectivity index (χ4v) is 3.63. The Morgan fingerprint density at radius 1 is 0.941 bits per heavy atom. The second kappa shape index (κ2) is 9.58. The monoisotopic (exact) mass is 471 g/mol. The van der Waals surface area contributed by atoms with Gasteiger partial charge in [0.05, 0.1) is 0 Å². The third-order valence-electron chi connectivity index (χ3n) is 5.35.